The minimum absolute atomic E-state index is 0.0197. The Bertz CT molecular complexity index is 1520. The highest BCUT2D eigenvalue weighted by atomic mass is 79.9. The average Bonchev–Trinajstić information content (AvgIpc) is 2.93. The highest BCUT2D eigenvalue weighted by Gasteiger charge is 2.26. The number of nitrogens with zero attached hydrogens (tertiary/aromatic N) is 2. The Morgan fingerprint density at radius 1 is 0.947 bits per heavy atom. The molecule has 1 aliphatic heterocycles. The van der Waals surface area contributed by atoms with E-state index in [9.17, 15) is 9.59 Å². The van der Waals surface area contributed by atoms with E-state index >= 15 is 0 Å². The predicted molar refractivity (Wildman–Crippen MR) is 157 cm³/mol. The zero-order valence-corrected chi connectivity index (χ0v) is 23.5. The lowest BCUT2D eigenvalue weighted by atomic mass is 10.0. The van der Waals surface area contributed by atoms with Gasteiger partial charge in [-0.15, -0.1) is 0 Å². The SMILES string of the molecule is COc1c(C(=O)Nc2cccc(Cl)c2N2CCN(C(=O)c3ccc(C)cc3)CC2)cc2ccccc2c1Br. The maximum Gasteiger partial charge on any atom is 0.259 e. The Labute approximate surface area is 235 Å². The topological polar surface area (TPSA) is 61.9 Å². The summed E-state index contributed by atoms with van der Waals surface area (Å²) in [5.41, 5.74) is 3.56. The Morgan fingerprint density at radius 3 is 2.37 bits per heavy atom. The highest BCUT2D eigenvalue weighted by Crippen LogP contribution is 2.39. The van der Waals surface area contributed by atoms with Crippen LogP contribution in [0.5, 0.6) is 5.75 Å². The van der Waals surface area contributed by atoms with Crippen LogP contribution in [0.3, 0.4) is 0 Å². The van der Waals surface area contributed by atoms with Crippen molar-refractivity contribution in [3.05, 3.63) is 99.0 Å². The molecular weight excluding hydrogens is 566 g/mol. The van der Waals surface area contributed by atoms with E-state index in [0.29, 0.717) is 53.8 Å². The van der Waals surface area contributed by atoms with Crippen LogP contribution in [0.2, 0.25) is 5.02 Å². The molecule has 194 valence electrons. The maximum atomic E-state index is 13.5. The van der Waals surface area contributed by atoms with Gasteiger partial charge in [0, 0.05) is 31.7 Å². The molecule has 38 heavy (non-hydrogen) atoms. The molecule has 6 nitrogen and oxygen atoms in total. The second-order valence-electron chi connectivity index (χ2n) is 9.23. The third-order valence-electron chi connectivity index (χ3n) is 6.81. The fourth-order valence-corrected chi connectivity index (χ4v) is 5.82. The maximum absolute atomic E-state index is 13.5. The number of hydrogen-bond acceptors (Lipinski definition) is 4. The van der Waals surface area contributed by atoms with Crippen LogP contribution in [-0.4, -0.2) is 50.0 Å². The number of carbonyl (C=O) groups excluding carboxylic acids is 2. The molecule has 0 radical (unpaired) electrons. The number of anilines is 2. The summed E-state index contributed by atoms with van der Waals surface area (Å²) >= 11 is 10.3. The molecule has 1 N–H and O–H groups in total. The summed E-state index contributed by atoms with van der Waals surface area (Å²) in [6, 6.07) is 22.7. The number of carbonyl (C=O) groups is 2. The minimum atomic E-state index is -0.301. The van der Waals surface area contributed by atoms with Crippen LogP contribution in [0, 0.1) is 6.92 Å². The van der Waals surface area contributed by atoms with E-state index in [2.05, 4.69) is 26.1 Å². The summed E-state index contributed by atoms with van der Waals surface area (Å²) in [6.45, 7) is 4.29. The number of rotatable bonds is 5. The van der Waals surface area contributed by atoms with E-state index in [1.807, 2.05) is 84.6 Å². The molecule has 4 aromatic carbocycles. The Hall–Kier alpha value is -3.55. The molecular formula is C30H27BrClN3O3. The van der Waals surface area contributed by atoms with Crippen LogP contribution in [0.15, 0.2) is 77.3 Å². The molecule has 1 fully saturated rings. The van der Waals surface area contributed by atoms with E-state index < -0.39 is 0 Å². The Balaban J connectivity index is 1.37. The van der Waals surface area contributed by atoms with Crippen molar-refractivity contribution in [1.82, 2.24) is 4.90 Å². The van der Waals surface area contributed by atoms with E-state index in [4.69, 9.17) is 16.3 Å². The molecule has 0 aliphatic carbocycles. The summed E-state index contributed by atoms with van der Waals surface area (Å²) in [5, 5.41) is 5.47. The first-order chi connectivity index (χ1) is 18.4. The van der Waals surface area contributed by atoms with Gasteiger partial charge < -0.3 is 19.9 Å². The first-order valence-electron chi connectivity index (χ1n) is 12.3. The number of benzene rings is 4. The normalized spacial score (nSPS) is 13.5. The van der Waals surface area contributed by atoms with Gasteiger partial charge in [0.05, 0.1) is 33.5 Å². The summed E-state index contributed by atoms with van der Waals surface area (Å²) in [4.78, 5) is 30.5. The standard InChI is InChI=1S/C30H27BrClN3O3/c1-19-10-12-20(13-11-19)30(37)35-16-14-34(15-17-35)27-24(32)8-5-9-25(27)33-29(36)23-18-21-6-3-4-7-22(21)26(31)28(23)38-2/h3-13,18H,14-17H2,1-2H3,(H,33,36). The van der Waals surface area contributed by atoms with Gasteiger partial charge in [-0.3, -0.25) is 9.59 Å². The van der Waals surface area contributed by atoms with Crippen LogP contribution in [0.1, 0.15) is 26.3 Å². The van der Waals surface area contributed by atoms with Gasteiger partial charge in [-0.2, -0.15) is 0 Å². The number of ether oxygens (including phenoxy) is 1. The third-order valence-corrected chi connectivity index (χ3v) is 7.90. The molecule has 0 atom stereocenters. The van der Waals surface area contributed by atoms with Crippen molar-refractivity contribution in [1.29, 1.82) is 0 Å². The number of para-hydroxylation sites is 1. The molecule has 0 spiro atoms. The number of fused-ring (bicyclic) bond motifs is 1. The largest absolute Gasteiger partial charge is 0.495 e. The predicted octanol–water partition coefficient (Wildman–Crippen LogP) is 6.79. The number of amides is 2. The van der Waals surface area contributed by atoms with Gasteiger partial charge in [0.25, 0.3) is 11.8 Å². The van der Waals surface area contributed by atoms with Gasteiger partial charge in [0.1, 0.15) is 5.75 Å². The summed E-state index contributed by atoms with van der Waals surface area (Å²) in [6.07, 6.45) is 0. The lowest BCUT2D eigenvalue weighted by molar-refractivity contribution is 0.0746. The zero-order valence-electron chi connectivity index (χ0n) is 21.1. The number of piperazine rings is 1. The number of aryl methyl sites for hydroxylation is 1. The van der Waals surface area contributed by atoms with Crippen molar-refractivity contribution in [3.8, 4) is 5.75 Å². The molecule has 4 aromatic rings. The molecule has 8 heteroatoms. The molecule has 2 amide bonds. The molecule has 0 bridgehead atoms. The van der Waals surface area contributed by atoms with Crippen molar-refractivity contribution in [2.75, 3.05) is 43.5 Å². The molecule has 1 saturated heterocycles. The second kappa shape index (κ2) is 11.1. The lowest BCUT2D eigenvalue weighted by Gasteiger charge is -2.37. The van der Waals surface area contributed by atoms with E-state index in [1.54, 1.807) is 7.11 Å². The highest BCUT2D eigenvalue weighted by molar-refractivity contribution is 9.10. The third kappa shape index (κ3) is 5.08. The average molecular weight is 593 g/mol. The number of nitrogens with one attached hydrogen (secondary N) is 1. The second-order valence-corrected chi connectivity index (χ2v) is 10.4. The Morgan fingerprint density at radius 2 is 1.66 bits per heavy atom. The molecule has 0 saturated carbocycles. The smallest absolute Gasteiger partial charge is 0.259 e. The lowest BCUT2D eigenvalue weighted by Crippen LogP contribution is -2.49. The fourth-order valence-electron chi connectivity index (χ4n) is 4.79. The molecule has 1 aliphatic rings. The van der Waals surface area contributed by atoms with E-state index in [-0.39, 0.29) is 11.8 Å². The van der Waals surface area contributed by atoms with Crippen LogP contribution < -0.4 is 15.0 Å². The minimum Gasteiger partial charge on any atom is -0.495 e. The number of methoxy groups -OCH3 is 1. The van der Waals surface area contributed by atoms with Gasteiger partial charge in [-0.05, 0) is 64.0 Å². The summed E-state index contributed by atoms with van der Waals surface area (Å²) in [5.74, 6) is 0.185. The first kappa shape index (κ1) is 26.1. The van der Waals surface area contributed by atoms with Gasteiger partial charge in [-0.25, -0.2) is 0 Å². The van der Waals surface area contributed by atoms with Gasteiger partial charge in [-0.1, -0.05) is 59.6 Å². The van der Waals surface area contributed by atoms with Crippen molar-refractivity contribution in [2.24, 2.45) is 0 Å². The molecule has 0 aromatic heterocycles. The molecule has 0 unspecified atom stereocenters. The van der Waals surface area contributed by atoms with Crippen molar-refractivity contribution < 1.29 is 14.3 Å². The summed E-state index contributed by atoms with van der Waals surface area (Å²) < 4.78 is 6.33. The van der Waals surface area contributed by atoms with Crippen molar-refractivity contribution >= 4 is 61.5 Å². The fraction of sp³-hybridized carbons (Fsp3) is 0.200. The van der Waals surface area contributed by atoms with Crippen LogP contribution in [0.25, 0.3) is 10.8 Å². The molecule has 5 rings (SSSR count). The van der Waals surface area contributed by atoms with Crippen LogP contribution in [0.4, 0.5) is 11.4 Å². The van der Waals surface area contributed by atoms with Crippen molar-refractivity contribution in [3.63, 3.8) is 0 Å². The van der Waals surface area contributed by atoms with E-state index in [1.165, 1.54) is 0 Å². The van der Waals surface area contributed by atoms with Crippen LogP contribution >= 0.6 is 27.5 Å². The van der Waals surface area contributed by atoms with Crippen molar-refractivity contribution in [2.45, 2.75) is 6.92 Å². The van der Waals surface area contributed by atoms with Gasteiger partial charge >= 0.3 is 0 Å². The van der Waals surface area contributed by atoms with Gasteiger partial charge in [0.15, 0.2) is 0 Å². The summed E-state index contributed by atoms with van der Waals surface area (Å²) in [7, 11) is 1.55. The monoisotopic (exact) mass is 591 g/mol. The van der Waals surface area contributed by atoms with Crippen LogP contribution in [-0.2, 0) is 0 Å². The number of hydrogen-bond donors (Lipinski definition) is 1. The first-order valence-corrected chi connectivity index (χ1v) is 13.5. The molecule has 1 heterocycles. The van der Waals surface area contributed by atoms with Gasteiger partial charge in [0.2, 0.25) is 0 Å². The zero-order chi connectivity index (χ0) is 26.8. The quantitative estimate of drug-likeness (QED) is 0.277. The van der Waals surface area contributed by atoms with E-state index in [0.717, 1.165) is 26.5 Å². The number of halogens is 2. The Kier molecular flexibility index (Phi) is 7.58.